The van der Waals surface area contributed by atoms with Crippen molar-refractivity contribution in [1.82, 2.24) is 0 Å². The molecule has 2 aromatic carbocycles. The Bertz CT molecular complexity index is 801. The second kappa shape index (κ2) is 6.61. The number of hydrogen-bond donors (Lipinski definition) is 2. The van der Waals surface area contributed by atoms with Crippen LogP contribution in [0.2, 0.25) is 0 Å². The maximum atomic E-state index is 12.6. The van der Waals surface area contributed by atoms with Crippen LogP contribution in [0.3, 0.4) is 0 Å². The molecule has 5 nitrogen and oxygen atoms in total. The number of halogens is 3. The highest BCUT2D eigenvalue weighted by Gasteiger charge is 2.31. The summed E-state index contributed by atoms with van der Waals surface area (Å²) in [6.45, 7) is 1.71. The van der Waals surface area contributed by atoms with Gasteiger partial charge in [0.2, 0.25) is 0 Å². The molecule has 0 heterocycles. The van der Waals surface area contributed by atoms with E-state index in [1.165, 1.54) is 6.07 Å². The molecule has 0 aliphatic heterocycles. The number of nitrogens with zero attached hydrogens (tertiary/aromatic N) is 1. The minimum absolute atomic E-state index is 0.111. The summed E-state index contributed by atoms with van der Waals surface area (Å²) in [7, 11) is 0. The first kappa shape index (κ1) is 17.3. The fraction of sp³-hybridized carbons (Fsp3) is 0.125. The zero-order valence-corrected chi connectivity index (χ0v) is 12.6. The standard InChI is InChI=1S/C16H14F3N3O2/c1-9-12(6-3-7-13(9)20)14(21)22-24-15(23)10-4-2-5-11(8-10)16(17,18)19/h2-8H,20H2,1H3,(H2,21,22). The van der Waals surface area contributed by atoms with Gasteiger partial charge in [-0.2, -0.15) is 13.2 Å². The minimum atomic E-state index is -4.56. The molecule has 24 heavy (non-hydrogen) atoms. The van der Waals surface area contributed by atoms with Gasteiger partial charge in [0, 0.05) is 11.3 Å². The molecule has 8 heteroatoms. The maximum absolute atomic E-state index is 12.6. The molecule has 0 saturated heterocycles. The highest BCUT2D eigenvalue weighted by Crippen LogP contribution is 2.29. The van der Waals surface area contributed by atoms with E-state index in [9.17, 15) is 18.0 Å². The van der Waals surface area contributed by atoms with E-state index in [1.54, 1.807) is 25.1 Å². The van der Waals surface area contributed by atoms with Crippen molar-refractivity contribution in [3.8, 4) is 0 Å². The van der Waals surface area contributed by atoms with E-state index in [-0.39, 0.29) is 11.4 Å². The third kappa shape index (κ3) is 3.83. The first-order chi connectivity index (χ1) is 11.2. The number of anilines is 1. The van der Waals surface area contributed by atoms with Gasteiger partial charge in [-0.05, 0) is 36.8 Å². The number of oxime groups is 1. The molecule has 0 spiro atoms. The molecular weight excluding hydrogens is 323 g/mol. The number of rotatable bonds is 3. The normalized spacial score (nSPS) is 12.1. The second-order valence-corrected chi connectivity index (χ2v) is 4.95. The fourth-order valence-corrected chi connectivity index (χ4v) is 1.95. The average molecular weight is 337 g/mol. The van der Waals surface area contributed by atoms with Crippen LogP contribution >= 0.6 is 0 Å². The van der Waals surface area contributed by atoms with Crippen LogP contribution in [-0.2, 0) is 11.0 Å². The van der Waals surface area contributed by atoms with Gasteiger partial charge in [0.1, 0.15) is 0 Å². The lowest BCUT2D eigenvalue weighted by atomic mass is 10.1. The Kier molecular flexibility index (Phi) is 4.77. The van der Waals surface area contributed by atoms with Gasteiger partial charge < -0.3 is 16.3 Å². The lowest BCUT2D eigenvalue weighted by Gasteiger charge is -2.08. The summed E-state index contributed by atoms with van der Waals surface area (Å²) in [5, 5.41) is 3.47. The minimum Gasteiger partial charge on any atom is -0.398 e. The number of benzene rings is 2. The van der Waals surface area contributed by atoms with Crippen LogP contribution in [0, 0.1) is 6.92 Å². The number of carbonyl (C=O) groups excluding carboxylic acids is 1. The summed E-state index contributed by atoms with van der Waals surface area (Å²) in [5.74, 6) is -1.16. The number of amidine groups is 1. The van der Waals surface area contributed by atoms with Gasteiger partial charge in [-0.3, -0.25) is 0 Å². The largest absolute Gasteiger partial charge is 0.416 e. The molecule has 4 N–H and O–H groups in total. The lowest BCUT2D eigenvalue weighted by molar-refractivity contribution is -0.137. The molecule has 0 atom stereocenters. The molecule has 0 bridgehead atoms. The summed E-state index contributed by atoms with van der Waals surface area (Å²) in [4.78, 5) is 16.5. The van der Waals surface area contributed by atoms with E-state index >= 15 is 0 Å². The third-order valence-corrected chi connectivity index (χ3v) is 3.30. The first-order valence-corrected chi connectivity index (χ1v) is 6.77. The van der Waals surface area contributed by atoms with Crippen LogP contribution in [0.15, 0.2) is 47.6 Å². The van der Waals surface area contributed by atoms with E-state index in [1.807, 2.05) is 0 Å². The Balaban J connectivity index is 2.20. The van der Waals surface area contributed by atoms with Gasteiger partial charge in [0.15, 0.2) is 5.84 Å². The highest BCUT2D eigenvalue weighted by molar-refractivity contribution is 6.00. The Labute approximate surface area is 135 Å². The van der Waals surface area contributed by atoms with Crippen molar-refractivity contribution < 1.29 is 22.8 Å². The number of hydrogen-bond acceptors (Lipinski definition) is 4. The van der Waals surface area contributed by atoms with Crippen LogP contribution in [0.1, 0.15) is 27.0 Å². The summed E-state index contributed by atoms with van der Waals surface area (Å²) < 4.78 is 37.9. The predicted octanol–water partition coefficient (Wildman–Crippen LogP) is 3.07. The molecule has 0 amide bonds. The Hall–Kier alpha value is -3.03. The average Bonchev–Trinajstić information content (AvgIpc) is 2.54. The third-order valence-electron chi connectivity index (χ3n) is 3.30. The second-order valence-electron chi connectivity index (χ2n) is 4.95. The smallest absolute Gasteiger partial charge is 0.398 e. The number of nitrogens with two attached hydrogens (primary N) is 2. The molecule has 0 aliphatic carbocycles. The predicted molar refractivity (Wildman–Crippen MR) is 83.2 cm³/mol. The summed E-state index contributed by atoms with van der Waals surface area (Å²) in [6.07, 6.45) is -4.56. The van der Waals surface area contributed by atoms with E-state index in [2.05, 4.69) is 9.99 Å². The van der Waals surface area contributed by atoms with Gasteiger partial charge in [0.05, 0.1) is 11.1 Å². The van der Waals surface area contributed by atoms with Gasteiger partial charge >= 0.3 is 12.1 Å². The van der Waals surface area contributed by atoms with Crippen molar-refractivity contribution in [2.24, 2.45) is 10.9 Å². The molecule has 2 aromatic rings. The van der Waals surface area contributed by atoms with Gasteiger partial charge in [0.25, 0.3) is 0 Å². The molecular formula is C16H14F3N3O2. The van der Waals surface area contributed by atoms with E-state index in [0.29, 0.717) is 22.9 Å². The first-order valence-electron chi connectivity index (χ1n) is 6.77. The molecule has 0 unspecified atom stereocenters. The monoisotopic (exact) mass is 337 g/mol. The van der Waals surface area contributed by atoms with Crippen molar-refractivity contribution in [1.29, 1.82) is 0 Å². The Morgan fingerprint density at radius 1 is 1.17 bits per heavy atom. The number of alkyl halides is 3. The summed E-state index contributed by atoms with van der Waals surface area (Å²) in [5.41, 5.74) is 11.8. The Morgan fingerprint density at radius 3 is 2.50 bits per heavy atom. The number of nitrogen functional groups attached to an aromatic ring is 1. The van der Waals surface area contributed by atoms with Crippen LogP contribution in [-0.4, -0.2) is 11.8 Å². The van der Waals surface area contributed by atoms with Gasteiger partial charge in [-0.25, -0.2) is 4.79 Å². The zero-order valence-electron chi connectivity index (χ0n) is 12.6. The van der Waals surface area contributed by atoms with Crippen molar-refractivity contribution in [2.75, 3.05) is 5.73 Å². The van der Waals surface area contributed by atoms with Crippen LogP contribution in [0.5, 0.6) is 0 Å². The van der Waals surface area contributed by atoms with Crippen LogP contribution in [0.4, 0.5) is 18.9 Å². The van der Waals surface area contributed by atoms with Crippen molar-refractivity contribution in [2.45, 2.75) is 13.1 Å². The number of carbonyl (C=O) groups is 1. The lowest BCUT2D eigenvalue weighted by Crippen LogP contribution is -2.17. The molecule has 0 aliphatic rings. The molecule has 0 aromatic heterocycles. The van der Waals surface area contributed by atoms with Crippen molar-refractivity contribution in [3.63, 3.8) is 0 Å². The van der Waals surface area contributed by atoms with E-state index < -0.39 is 17.7 Å². The SMILES string of the molecule is Cc1c(N)cccc1/C(N)=N/OC(=O)c1cccc(C(F)(F)F)c1. The van der Waals surface area contributed by atoms with Crippen molar-refractivity contribution in [3.05, 3.63) is 64.7 Å². The molecule has 0 saturated carbocycles. The topological polar surface area (TPSA) is 90.7 Å². The summed E-state index contributed by atoms with van der Waals surface area (Å²) >= 11 is 0. The molecule has 0 fully saturated rings. The highest BCUT2D eigenvalue weighted by atomic mass is 19.4. The van der Waals surface area contributed by atoms with Crippen LogP contribution in [0.25, 0.3) is 0 Å². The summed E-state index contributed by atoms with van der Waals surface area (Å²) in [6, 6.07) is 8.77. The quantitative estimate of drug-likeness (QED) is 0.296. The van der Waals surface area contributed by atoms with E-state index in [4.69, 9.17) is 11.5 Å². The van der Waals surface area contributed by atoms with Crippen LogP contribution < -0.4 is 11.5 Å². The maximum Gasteiger partial charge on any atom is 0.416 e. The molecule has 126 valence electrons. The zero-order chi connectivity index (χ0) is 17.9. The Morgan fingerprint density at radius 2 is 1.83 bits per heavy atom. The van der Waals surface area contributed by atoms with E-state index in [0.717, 1.165) is 12.1 Å². The van der Waals surface area contributed by atoms with Crippen molar-refractivity contribution >= 4 is 17.5 Å². The molecule has 0 radical (unpaired) electrons. The fourth-order valence-electron chi connectivity index (χ4n) is 1.95. The van der Waals surface area contributed by atoms with Gasteiger partial charge in [-0.1, -0.05) is 23.4 Å². The van der Waals surface area contributed by atoms with Gasteiger partial charge in [-0.15, -0.1) is 0 Å². The molecule has 2 rings (SSSR count).